The summed E-state index contributed by atoms with van der Waals surface area (Å²) in [4.78, 5) is 0. The topological polar surface area (TPSA) is 35.8 Å². The molecule has 0 amide bonds. The predicted octanol–water partition coefficient (Wildman–Crippen LogP) is 5.11. The summed E-state index contributed by atoms with van der Waals surface area (Å²) in [6.45, 7) is 0. The zero-order valence-electron chi connectivity index (χ0n) is 10.3. The summed E-state index contributed by atoms with van der Waals surface area (Å²) in [7, 11) is 0. The zero-order valence-corrected chi connectivity index (χ0v) is 11.1. The average Bonchev–Trinajstić information content (AvgIpc) is 2.43. The van der Waals surface area contributed by atoms with Gasteiger partial charge in [-0.05, 0) is 30.3 Å². The predicted molar refractivity (Wildman–Crippen MR) is 70.9 cm³/mol. The molecule has 0 spiro atoms. The number of rotatable bonds is 2. The highest BCUT2D eigenvalue weighted by molar-refractivity contribution is 6.31. The van der Waals surface area contributed by atoms with Crippen molar-refractivity contribution in [1.29, 1.82) is 5.26 Å². The van der Waals surface area contributed by atoms with E-state index >= 15 is 0 Å². The third kappa shape index (κ3) is 3.26. The van der Waals surface area contributed by atoms with Gasteiger partial charge in [-0.2, -0.15) is 18.4 Å². The van der Waals surface area contributed by atoms with Crippen LogP contribution in [0.4, 0.5) is 28.9 Å². The fraction of sp³-hybridized carbons (Fsp3) is 0.0714. The largest absolute Gasteiger partial charge is 0.417 e. The normalized spacial score (nSPS) is 11.0. The van der Waals surface area contributed by atoms with Crippen molar-refractivity contribution in [1.82, 2.24) is 0 Å². The Bertz CT molecular complexity index is 720. The van der Waals surface area contributed by atoms with Gasteiger partial charge in [0, 0.05) is 5.69 Å². The molecule has 0 atom stereocenters. The van der Waals surface area contributed by atoms with Gasteiger partial charge >= 0.3 is 6.18 Å². The molecule has 0 fully saturated rings. The molecule has 0 aliphatic rings. The highest BCUT2D eigenvalue weighted by Crippen LogP contribution is 2.34. The molecule has 2 rings (SSSR count). The Morgan fingerprint density at radius 3 is 2.48 bits per heavy atom. The Labute approximate surface area is 122 Å². The van der Waals surface area contributed by atoms with E-state index in [1.807, 2.05) is 0 Å². The van der Waals surface area contributed by atoms with Gasteiger partial charge in [0.25, 0.3) is 0 Å². The molecule has 0 heterocycles. The molecule has 0 unspecified atom stereocenters. The van der Waals surface area contributed by atoms with E-state index in [1.165, 1.54) is 30.3 Å². The molecule has 0 aliphatic carbocycles. The van der Waals surface area contributed by atoms with Crippen LogP contribution < -0.4 is 5.32 Å². The Hall–Kier alpha value is -2.26. The molecular formula is C14H7ClF4N2. The number of hydrogen-bond acceptors (Lipinski definition) is 2. The van der Waals surface area contributed by atoms with Crippen LogP contribution in [0.2, 0.25) is 5.02 Å². The van der Waals surface area contributed by atoms with Gasteiger partial charge in [0.1, 0.15) is 0 Å². The monoisotopic (exact) mass is 314 g/mol. The van der Waals surface area contributed by atoms with Crippen molar-refractivity contribution in [3.05, 3.63) is 58.4 Å². The lowest BCUT2D eigenvalue weighted by Crippen LogP contribution is -2.08. The number of halogens is 5. The Balaban J connectivity index is 2.43. The Morgan fingerprint density at radius 1 is 1.14 bits per heavy atom. The summed E-state index contributed by atoms with van der Waals surface area (Å²) >= 11 is 5.59. The van der Waals surface area contributed by atoms with Crippen LogP contribution >= 0.6 is 11.6 Å². The zero-order chi connectivity index (χ0) is 15.6. The number of anilines is 2. The van der Waals surface area contributed by atoms with Gasteiger partial charge in [-0.3, -0.25) is 0 Å². The number of alkyl halides is 3. The summed E-state index contributed by atoms with van der Waals surface area (Å²) in [5.74, 6) is -0.767. The number of nitrogens with one attached hydrogen (secondary N) is 1. The molecular weight excluding hydrogens is 308 g/mol. The second-order valence-corrected chi connectivity index (χ2v) is 4.50. The molecule has 1 N–H and O–H groups in total. The molecule has 0 aromatic heterocycles. The van der Waals surface area contributed by atoms with Crippen LogP contribution in [-0.4, -0.2) is 0 Å². The minimum absolute atomic E-state index is 0.00231. The van der Waals surface area contributed by atoms with Crippen molar-refractivity contribution in [3.8, 4) is 6.07 Å². The summed E-state index contributed by atoms with van der Waals surface area (Å²) in [5.41, 5.74) is -1.64. The molecule has 2 aromatic carbocycles. The van der Waals surface area contributed by atoms with Crippen LogP contribution in [-0.2, 0) is 6.18 Å². The maximum Gasteiger partial charge on any atom is 0.417 e. The fourth-order valence-corrected chi connectivity index (χ4v) is 1.88. The van der Waals surface area contributed by atoms with E-state index < -0.39 is 23.1 Å². The highest BCUT2D eigenvalue weighted by Gasteiger charge is 2.33. The van der Waals surface area contributed by atoms with Crippen LogP contribution in [0.15, 0.2) is 36.4 Å². The first-order valence-corrected chi connectivity index (χ1v) is 6.03. The smallest absolute Gasteiger partial charge is 0.353 e. The van der Waals surface area contributed by atoms with E-state index in [0.717, 1.165) is 12.1 Å². The number of nitriles is 1. The van der Waals surface area contributed by atoms with Gasteiger partial charge < -0.3 is 5.32 Å². The molecule has 0 aliphatic heterocycles. The van der Waals surface area contributed by atoms with E-state index in [-0.39, 0.29) is 16.4 Å². The van der Waals surface area contributed by atoms with Crippen molar-refractivity contribution in [2.45, 2.75) is 6.18 Å². The van der Waals surface area contributed by atoms with Gasteiger partial charge in [-0.1, -0.05) is 17.7 Å². The van der Waals surface area contributed by atoms with E-state index in [1.54, 1.807) is 0 Å². The molecule has 0 saturated heterocycles. The van der Waals surface area contributed by atoms with Crippen LogP contribution in [0.1, 0.15) is 11.1 Å². The van der Waals surface area contributed by atoms with Crippen LogP contribution in [0.25, 0.3) is 0 Å². The summed E-state index contributed by atoms with van der Waals surface area (Å²) in [5, 5.41) is 11.1. The Morgan fingerprint density at radius 2 is 1.86 bits per heavy atom. The Kier molecular flexibility index (Phi) is 4.05. The lowest BCUT2D eigenvalue weighted by molar-refractivity contribution is -0.137. The molecule has 21 heavy (non-hydrogen) atoms. The van der Waals surface area contributed by atoms with Gasteiger partial charge in [0.15, 0.2) is 5.82 Å². The summed E-state index contributed by atoms with van der Waals surface area (Å²) < 4.78 is 52.2. The van der Waals surface area contributed by atoms with Crippen LogP contribution in [0.3, 0.4) is 0 Å². The molecule has 108 valence electrons. The van der Waals surface area contributed by atoms with Crippen molar-refractivity contribution in [2.75, 3.05) is 5.32 Å². The molecule has 0 saturated carbocycles. The first kappa shape index (κ1) is 15.1. The lowest BCUT2D eigenvalue weighted by atomic mass is 10.1. The lowest BCUT2D eigenvalue weighted by Gasteiger charge is -2.13. The second-order valence-electron chi connectivity index (χ2n) is 4.10. The van der Waals surface area contributed by atoms with Gasteiger partial charge in [0.2, 0.25) is 0 Å². The maximum atomic E-state index is 13.7. The molecule has 2 nitrogen and oxygen atoms in total. The average molecular weight is 315 g/mol. The van der Waals surface area contributed by atoms with Crippen molar-refractivity contribution >= 4 is 23.0 Å². The van der Waals surface area contributed by atoms with Gasteiger partial charge in [-0.15, -0.1) is 0 Å². The summed E-state index contributed by atoms with van der Waals surface area (Å²) in [6.07, 6.45) is -4.67. The van der Waals surface area contributed by atoms with Crippen molar-refractivity contribution in [3.63, 3.8) is 0 Å². The van der Waals surface area contributed by atoms with E-state index in [0.29, 0.717) is 0 Å². The quantitative estimate of drug-likeness (QED) is 0.782. The van der Waals surface area contributed by atoms with E-state index in [2.05, 4.69) is 5.32 Å². The molecule has 2 aromatic rings. The SMILES string of the molecule is N#Cc1ccc(Nc2cccc(Cl)c2F)cc1C(F)(F)F. The molecule has 0 bridgehead atoms. The number of benzene rings is 2. The van der Waals surface area contributed by atoms with Gasteiger partial charge in [0.05, 0.1) is 27.9 Å². The standard InChI is InChI=1S/C14H7ClF4N2/c15-11-2-1-3-12(13(11)16)21-9-5-4-8(7-20)10(6-9)14(17,18)19/h1-6,21H. The van der Waals surface area contributed by atoms with Crippen LogP contribution in [0, 0.1) is 17.1 Å². The number of hydrogen-bond donors (Lipinski definition) is 1. The first-order chi connectivity index (χ1) is 9.82. The first-order valence-electron chi connectivity index (χ1n) is 5.65. The van der Waals surface area contributed by atoms with E-state index in [9.17, 15) is 17.6 Å². The second kappa shape index (κ2) is 5.62. The molecule has 0 radical (unpaired) electrons. The highest BCUT2D eigenvalue weighted by atomic mass is 35.5. The maximum absolute atomic E-state index is 13.7. The van der Waals surface area contributed by atoms with Crippen molar-refractivity contribution < 1.29 is 17.6 Å². The minimum Gasteiger partial charge on any atom is -0.353 e. The van der Waals surface area contributed by atoms with Gasteiger partial charge in [-0.25, -0.2) is 4.39 Å². The fourth-order valence-electron chi connectivity index (χ4n) is 1.71. The minimum atomic E-state index is -4.67. The third-order valence-electron chi connectivity index (χ3n) is 2.68. The van der Waals surface area contributed by atoms with E-state index in [4.69, 9.17) is 16.9 Å². The third-order valence-corrected chi connectivity index (χ3v) is 2.97. The molecule has 7 heteroatoms. The van der Waals surface area contributed by atoms with Crippen molar-refractivity contribution in [2.24, 2.45) is 0 Å². The van der Waals surface area contributed by atoms with Crippen LogP contribution in [0.5, 0.6) is 0 Å². The summed E-state index contributed by atoms with van der Waals surface area (Å²) in [6, 6.07) is 8.62. The number of nitrogens with zero attached hydrogens (tertiary/aromatic N) is 1.